The van der Waals surface area contributed by atoms with Gasteiger partial charge in [-0.25, -0.2) is 9.37 Å². The quantitative estimate of drug-likeness (QED) is 0.471. The Kier molecular flexibility index (Phi) is 5.03. The van der Waals surface area contributed by atoms with E-state index in [4.69, 9.17) is 27.9 Å². The second-order valence-corrected chi connectivity index (χ2v) is 6.94. The number of rotatable bonds is 4. The molecule has 1 N–H and O–H groups in total. The van der Waals surface area contributed by atoms with Gasteiger partial charge in [-0.1, -0.05) is 41.4 Å². The average Bonchev–Trinajstić information content (AvgIpc) is 2.68. The fourth-order valence-corrected chi connectivity index (χ4v) is 3.22. The van der Waals surface area contributed by atoms with E-state index in [9.17, 15) is 9.18 Å². The summed E-state index contributed by atoms with van der Waals surface area (Å²) in [5, 5.41) is 1.24. The highest BCUT2D eigenvalue weighted by Gasteiger charge is 2.13. The second-order valence-electron chi connectivity index (χ2n) is 6.10. The number of H-pyrrole nitrogens is 1. The summed E-state index contributed by atoms with van der Waals surface area (Å²) in [5.74, 6) is 0.383. The maximum atomic E-state index is 13.2. The number of para-hydroxylation sites is 1. The van der Waals surface area contributed by atoms with E-state index in [2.05, 4.69) is 9.97 Å². The molecule has 0 amide bonds. The summed E-state index contributed by atoms with van der Waals surface area (Å²) in [6, 6.07) is 16.2. The lowest BCUT2D eigenvalue weighted by Crippen LogP contribution is -2.10. The molecule has 0 fully saturated rings. The molecule has 0 saturated carbocycles. The maximum absolute atomic E-state index is 13.2. The molecule has 4 aromatic rings. The molecule has 28 heavy (non-hydrogen) atoms. The molecule has 0 spiro atoms. The second kappa shape index (κ2) is 7.62. The molecule has 4 rings (SSSR count). The van der Waals surface area contributed by atoms with Crippen molar-refractivity contribution in [2.75, 3.05) is 0 Å². The van der Waals surface area contributed by atoms with Crippen molar-refractivity contribution in [1.82, 2.24) is 9.97 Å². The Morgan fingerprint density at radius 3 is 2.68 bits per heavy atom. The average molecular weight is 415 g/mol. The van der Waals surface area contributed by atoms with E-state index in [1.54, 1.807) is 42.5 Å². The van der Waals surface area contributed by atoms with Gasteiger partial charge in [-0.2, -0.15) is 0 Å². The summed E-state index contributed by atoms with van der Waals surface area (Å²) >= 11 is 12.2. The fraction of sp³-hybridized carbons (Fsp3) is 0.0476. The summed E-state index contributed by atoms with van der Waals surface area (Å²) in [4.78, 5) is 19.7. The normalized spacial score (nSPS) is 11.0. The van der Waals surface area contributed by atoms with E-state index in [1.165, 1.54) is 12.1 Å². The van der Waals surface area contributed by atoms with Crippen LogP contribution in [0.5, 0.6) is 5.75 Å². The standard InChI is InChI=1S/C21H13Cl2FN2O2/c22-13-6-8-19(28-11-12-5-7-14(24)10-17(12)23)16(9-13)20-25-18-4-2-1-3-15(18)21(27)26-20/h1-10H,11H2,(H,25,26,27). The van der Waals surface area contributed by atoms with Gasteiger partial charge in [0.25, 0.3) is 5.56 Å². The maximum Gasteiger partial charge on any atom is 0.259 e. The summed E-state index contributed by atoms with van der Waals surface area (Å²) in [6.45, 7) is 0.117. The van der Waals surface area contributed by atoms with Gasteiger partial charge >= 0.3 is 0 Å². The summed E-state index contributed by atoms with van der Waals surface area (Å²) < 4.78 is 19.1. The molecule has 4 nitrogen and oxygen atoms in total. The van der Waals surface area contributed by atoms with Crippen molar-refractivity contribution in [1.29, 1.82) is 0 Å². The molecule has 1 aromatic heterocycles. The number of nitrogens with one attached hydrogen (secondary N) is 1. The van der Waals surface area contributed by atoms with E-state index in [0.717, 1.165) is 0 Å². The van der Waals surface area contributed by atoms with E-state index in [0.29, 0.717) is 38.6 Å². The fourth-order valence-electron chi connectivity index (χ4n) is 2.82. The van der Waals surface area contributed by atoms with Crippen LogP contribution in [-0.4, -0.2) is 9.97 Å². The molecule has 0 unspecified atom stereocenters. The number of nitrogens with zero attached hydrogens (tertiary/aromatic N) is 1. The van der Waals surface area contributed by atoms with E-state index < -0.39 is 5.82 Å². The van der Waals surface area contributed by atoms with Crippen LogP contribution in [-0.2, 0) is 6.61 Å². The zero-order valence-corrected chi connectivity index (χ0v) is 15.9. The van der Waals surface area contributed by atoms with Crippen LogP contribution >= 0.6 is 23.2 Å². The van der Waals surface area contributed by atoms with Crippen LogP contribution in [0, 0.1) is 5.82 Å². The van der Waals surface area contributed by atoms with Crippen molar-refractivity contribution in [2.45, 2.75) is 6.61 Å². The first-order valence-corrected chi connectivity index (χ1v) is 9.12. The first-order valence-electron chi connectivity index (χ1n) is 8.37. The number of benzene rings is 3. The molecule has 0 bridgehead atoms. The molecule has 0 radical (unpaired) electrons. The van der Waals surface area contributed by atoms with Crippen LogP contribution in [0.25, 0.3) is 22.3 Å². The Balaban J connectivity index is 1.74. The van der Waals surface area contributed by atoms with E-state index in [-0.39, 0.29) is 17.2 Å². The number of ether oxygens (including phenoxy) is 1. The third-order valence-corrected chi connectivity index (χ3v) is 4.79. The molecule has 140 valence electrons. The largest absolute Gasteiger partial charge is 0.488 e. The minimum absolute atomic E-state index is 0.117. The van der Waals surface area contributed by atoms with Gasteiger partial charge in [-0.3, -0.25) is 4.79 Å². The van der Waals surface area contributed by atoms with Crippen molar-refractivity contribution >= 4 is 34.1 Å². The molecule has 0 aliphatic carbocycles. The molecule has 1 heterocycles. The lowest BCUT2D eigenvalue weighted by Gasteiger charge is -2.13. The third kappa shape index (κ3) is 3.72. The minimum atomic E-state index is -0.418. The number of halogens is 3. The number of aromatic amines is 1. The lowest BCUT2D eigenvalue weighted by molar-refractivity contribution is 0.307. The van der Waals surface area contributed by atoms with Crippen molar-refractivity contribution in [3.05, 3.63) is 92.4 Å². The molecule has 0 aliphatic rings. The predicted molar refractivity (Wildman–Crippen MR) is 109 cm³/mol. The van der Waals surface area contributed by atoms with Crippen LogP contribution < -0.4 is 10.3 Å². The van der Waals surface area contributed by atoms with Crippen LogP contribution in [0.2, 0.25) is 10.0 Å². The van der Waals surface area contributed by atoms with Gasteiger partial charge in [0.05, 0.1) is 21.5 Å². The first kappa shape index (κ1) is 18.5. The molecular formula is C21H13Cl2FN2O2. The summed E-state index contributed by atoms with van der Waals surface area (Å²) in [6.07, 6.45) is 0. The van der Waals surface area contributed by atoms with Crippen molar-refractivity contribution < 1.29 is 9.13 Å². The van der Waals surface area contributed by atoms with Crippen LogP contribution in [0.15, 0.2) is 65.5 Å². The van der Waals surface area contributed by atoms with Gasteiger partial charge in [0.15, 0.2) is 0 Å². The van der Waals surface area contributed by atoms with Crippen molar-refractivity contribution in [3.8, 4) is 17.1 Å². The SMILES string of the molecule is O=c1[nH]c(-c2cc(Cl)ccc2OCc2ccc(F)cc2Cl)nc2ccccc12. The highest BCUT2D eigenvalue weighted by molar-refractivity contribution is 6.31. The molecule has 0 atom stereocenters. The Labute approximate surface area is 169 Å². The highest BCUT2D eigenvalue weighted by Crippen LogP contribution is 2.32. The third-order valence-electron chi connectivity index (χ3n) is 4.21. The van der Waals surface area contributed by atoms with E-state index >= 15 is 0 Å². The van der Waals surface area contributed by atoms with Gasteiger partial charge in [0.2, 0.25) is 0 Å². The minimum Gasteiger partial charge on any atom is -0.488 e. The van der Waals surface area contributed by atoms with Crippen LogP contribution in [0.3, 0.4) is 0 Å². The highest BCUT2D eigenvalue weighted by atomic mass is 35.5. The first-order chi connectivity index (χ1) is 13.5. The topological polar surface area (TPSA) is 55.0 Å². The number of aromatic nitrogens is 2. The van der Waals surface area contributed by atoms with Gasteiger partial charge in [-0.15, -0.1) is 0 Å². The van der Waals surface area contributed by atoms with Crippen LogP contribution in [0.1, 0.15) is 5.56 Å². The zero-order valence-electron chi connectivity index (χ0n) is 14.4. The Morgan fingerprint density at radius 2 is 1.86 bits per heavy atom. The smallest absolute Gasteiger partial charge is 0.259 e. The molecule has 0 aliphatic heterocycles. The van der Waals surface area contributed by atoms with Gasteiger partial charge in [0, 0.05) is 10.6 Å². The Hall–Kier alpha value is -2.89. The monoisotopic (exact) mass is 414 g/mol. The summed E-state index contributed by atoms with van der Waals surface area (Å²) in [7, 11) is 0. The number of hydrogen-bond donors (Lipinski definition) is 1. The summed E-state index contributed by atoms with van der Waals surface area (Å²) in [5.41, 5.74) is 1.47. The number of fused-ring (bicyclic) bond motifs is 1. The molecule has 7 heteroatoms. The van der Waals surface area contributed by atoms with E-state index in [1.807, 2.05) is 6.07 Å². The Morgan fingerprint density at radius 1 is 1.04 bits per heavy atom. The van der Waals surface area contributed by atoms with Gasteiger partial charge in [-0.05, 0) is 42.5 Å². The molecular weight excluding hydrogens is 402 g/mol. The zero-order chi connectivity index (χ0) is 19.7. The Bertz CT molecular complexity index is 1240. The van der Waals surface area contributed by atoms with Gasteiger partial charge < -0.3 is 9.72 Å². The molecule has 3 aromatic carbocycles. The molecule has 0 saturated heterocycles. The van der Waals surface area contributed by atoms with Crippen LogP contribution in [0.4, 0.5) is 4.39 Å². The predicted octanol–water partition coefficient (Wildman–Crippen LogP) is 5.62. The van der Waals surface area contributed by atoms with Gasteiger partial charge in [0.1, 0.15) is 24.0 Å². The number of hydrogen-bond acceptors (Lipinski definition) is 3. The van der Waals surface area contributed by atoms with Crippen molar-refractivity contribution in [2.24, 2.45) is 0 Å². The lowest BCUT2D eigenvalue weighted by atomic mass is 10.1. The van der Waals surface area contributed by atoms with Crippen molar-refractivity contribution in [3.63, 3.8) is 0 Å².